The van der Waals surface area contributed by atoms with Crippen molar-refractivity contribution in [3.05, 3.63) is 65.0 Å². The number of halogens is 3. The number of carbonyl (C=O) groups excluding carboxylic acids is 4. The van der Waals surface area contributed by atoms with Crippen LogP contribution in [-0.2, 0) is 31.5 Å². The molecule has 47 heavy (non-hydrogen) atoms. The number of nitrogens with one attached hydrogen (secondary N) is 2. The van der Waals surface area contributed by atoms with Gasteiger partial charge < -0.3 is 20.4 Å². The highest BCUT2D eigenvalue weighted by atomic mass is 19.3. The second-order valence-corrected chi connectivity index (χ2v) is 12.5. The summed E-state index contributed by atoms with van der Waals surface area (Å²) in [5.74, 6) is -8.89. The molecule has 0 radical (unpaired) electrons. The maximum Gasteiger partial charge on any atom is 0.330 e. The SMILES string of the molecule is CCC(=O)N[C@H](Cc1ccc(NC(=O)[C@@H](CC(=O)C(F)(F)c2cccc(C#N)c2)C2CCCCC2)c(F)c1)C(=O)N1CCN(C)CC1. The fourth-order valence-corrected chi connectivity index (χ4v) is 6.27. The zero-order valence-electron chi connectivity index (χ0n) is 26.9. The summed E-state index contributed by atoms with van der Waals surface area (Å²) in [6.07, 6.45) is 3.13. The van der Waals surface area contributed by atoms with Crippen molar-refractivity contribution in [1.82, 2.24) is 15.1 Å². The van der Waals surface area contributed by atoms with Crippen LogP contribution in [0.4, 0.5) is 18.9 Å². The summed E-state index contributed by atoms with van der Waals surface area (Å²) < 4.78 is 46.0. The molecule has 2 atom stereocenters. The lowest BCUT2D eigenvalue weighted by Gasteiger charge is -2.34. The predicted octanol–water partition coefficient (Wildman–Crippen LogP) is 4.79. The quantitative estimate of drug-likeness (QED) is 0.340. The van der Waals surface area contributed by atoms with Crippen molar-refractivity contribution in [2.75, 3.05) is 38.5 Å². The first-order valence-electron chi connectivity index (χ1n) is 16.2. The summed E-state index contributed by atoms with van der Waals surface area (Å²) in [5, 5.41) is 14.4. The molecule has 252 valence electrons. The van der Waals surface area contributed by atoms with Gasteiger partial charge in [0.1, 0.15) is 11.9 Å². The summed E-state index contributed by atoms with van der Waals surface area (Å²) in [4.78, 5) is 55.9. The van der Waals surface area contributed by atoms with Crippen molar-refractivity contribution in [2.24, 2.45) is 11.8 Å². The number of anilines is 1. The molecule has 2 aromatic rings. The molecule has 2 aliphatic rings. The zero-order valence-corrected chi connectivity index (χ0v) is 26.9. The molecule has 0 spiro atoms. The Morgan fingerprint density at radius 3 is 2.36 bits per heavy atom. The second kappa shape index (κ2) is 16.0. The van der Waals surface area contributed by atoms with Crippen molar-refractivity contribution in [1.29, 1.82) is 5.26 Å². The van der Waals surface area contributed by atoms with Crippen molar-refractivity contribution < 1.29 is 32.3 Å². The van der Waals surface area contributed by atoms with Gasteiger partial charge in [0.25, 0.3) is 0 Å². The summed E-state index contributed by atoms with van der Waals surface area (Å²) in [7, 11) is 1.96. The Kier molecular flexibility index (Phi) is 12.2. The number of hydrogen-bond acceptors (Lipinski definition) is 6. The molecule has 2 fully saturated rings. The third-order valence-electron chi connectivity index (χ3n) is 9.17. The first-order valence-corrected chi connectivity index (χ1v) is 16.2. The van der Waals surface area contributed by atoms with E-state index in [-0.39, 0.29) is 41.8 Å². The van der Waals surface area contributed by atoms with E-state index in [1.165, 1.54) is 30.3 Å². The molecule has 1 saturated carbocycles. The van der Waals surface area contributed by atoms with Gasteiger partial charge in [-0.15, -0.1) is 0 Å². The highest BCUT2D eigenvalue weighted by molar-refractivity contribution is 5.97. The van der Waals surface area contributed by atoms with E-state index in [0.717, 1.165) is 31.4 Å². The first kappa shape index (κ1) is 35.6. The number of alkyl halides is 2. The monoisotopic (exact) mass is 653 g/mol. The van der Waals surface area contributed by atoms with E-state index in [9.17, 15) is 19.2 Å². The molecule has 1 saturated heterocycles. The van der Waals surface area contributed by atoms with Gasteiger partial charge in [0.2, 0.25) is 23.5 Å². The smallest absolute Gasteiger partial charge is 0.330 e. The van der Waals surface area contributed by atoms with Crippen LogP contribution in [0, 0.1) is 29.0 Å². The van der Waals surface area contributed by atoms with Gasteiger partial charge in [-0.05, 0) is 55.6 Å². The normalized spacial score (nSPS) is 17.3. The highest BCUT2D eigenvalue weighted by Crippen LogP contribution is 2.37. The van der Waals surface area contributed by atoms with Gasteiger partial charge in [-0.3, -0.25) is 19.2 Å². The Morgan fingerprint density at radius 1 is 1.02 bits per heavy atom. The van der Waals surface area contributed by atoms with Gasteiger partial charge in [0, 0.05) is 56.9 Å². The Morgan fingerprint density at radius 2 is 1.72 bits per heavy atom. The number of carbonyl (C=O) groups is 4. The summed E-state index contributed by atoms with van der Waals surface area (Å²) in [6.45, 7) is 4.09. The van der Waals surface area contributed by atoms with E-state index >= 15 is 13.2 Å². The fourth-order valence-electron chi connectivity index (χ4n) is 6.27. The van der Waals surface area contributed by atoms with Gasteiger partial charge in [-0.2, -0.15) is 14.0 Å². The number of benzene rings is 2. The number of hydrogen-bond donors (Lipinski definition) is 2. The summed E-state index contributed by atoms with van der Waals surface area (Å²) >= 11 is 0. The number of rotatable bonds is 12. The van der Waals surface area contributed by atoms with E-state index in [1.54, 1.807) is 17.9 Å². The Hall–Kier alpha value is -4.24. The minimum absolute atomic E-state index is 0.0155. The molecule has 1 aliphatic carbocycles. The van der Waals surface area contributed by atoms with Gasteiger partial charge in [0.05, 0.1) is 17.3 Å². The van der Waals surface area contributed by atoms with Crippen molar-refractivity contribution in [3.8, 4) is 6.07 Å². The van der Waals surface area contributed by atoms with E-state index in [0.29, 0.717) is 44.6 Å². The lowest BCUT2D eigenvalue weighted by molar-refractivity contribution is -0.147. The van der Waals surface area contributed by atoms with E-state index in [1.807, 2.05) is 7.05 Å². The van der Waals surface area contributed by atoms with Crippen molar-refractivity contribution in [3.63, 3.8) is 0 Å². The fraction of sp³-hybridized carbons (Fsp3) is 0.514. The van der Waals surface area contributed by atoms with Crippen LogP contribution in [0.2, 0.25) is 0 Å². The average Bonchev–Trinajstić information content (AvgIpc) is 3.08. The predicted molar refractivity (Wildman–Crippen MR) is 170 cm³/mol. The van der Waals surface area contributed by atoms with Crippen LogP contribution in [-0.4, -0.2) is 72.6 Å². The highest BCUT2D eigenvalue weighted by Gasteiger charge is 2.44. The lowest BCUT2D eigenvalue weighted by atomic mass is 9.76. The van der Waals surface area contributed by atoms with Crippen LogP contribution in [0.1, 0.15) is 68.6 Å². The third kappa shape index (κ3) is 9.19. The van der Waals surface area contributed by atoms with Gasteiger partial charge in [-0.25, -0.2) is 4.39 Å². The third-order valence-corrected chi connectivity index (χ3v) is 9.17. The molecular weight excluding hydrogens is 611 g/mol. The number of nitriles is 1. The standard InChI is InChI=1S/C35H42F3N5O4/c1-3-32(45)40-30(34(47)43-16-14-42(2)15-17-43)20-23-12-13-29(28(36)19-23)41-33(46)27(25-9-5-4-6-10-25)21-31(44)35(37,38)26-11-7-8-24(18-26)22-39/h7-8,11-13,18-19,25,27,30H,3-6,9-10,14-17,20-21H2,1-2H3,(H,40,45)(H,41,46)/t27-,30+/m0/s1. The largest absolute Gasteiger partial charge is 0.344 e. The van der Waals surface area contributed by atoms with Gasteiger partial charge >= 0.3 is 5.92 Å². The second-order valence-electron chi connectivity index (χ2n) is 12.5. The van der Waals surface area contributed by atoms with Crippen LogP contribution < -0.4 is 10.6 Å². The van der Waals surface area contributed by atoms with E-state index < -0.39 is 47.4 Å². The molecule has 0 bridgehead atoms. The van der Waals surface area contributed by atoms with Crippen LogP contribution in [0.25, 0.3) is 0 Å². The minimum atomic E-state index is -3.92. The number of amides is 3. The number of nitrogens with zero attached hydrogens (tertiary/aromatic N) is 3. The molecule has 2 aromatic carbocycles. The maximum absolute atomic E-state index is 15.4. The topological polar surface area (TPSA) is 123 Å². The Bertz CT molecular complexity index is 1500. The van der Waals surface area contributed by atoms with E-state index in [2.05, 4.69) is 15.5 Å². The molecule has 3 amide bonds. The minimum Gasteiger partial charge on any atom is -0.344 e. The molecule has 9 nitrogen and oxygen atoms in total. The van der Waals surface area contributed by atoms with Gasteiger partial charge in [0.15, 0.2) is 0 Å². The molecule has 0 aromatic heterocycles. The van der Waals surface area contributed by atoms with E-state index in [4.69, 9.17) is 5.26 Å². The number of piperazine rings is 1. The molecular formula is C35H42F3N5O4. The zero-order chi connectivity index (χ0) is 34.1. The van der Waals surface area contributed by atoms with Crippen LogP contribution in [0.3, 0.4) is 0 Å². The number of likely N-dealkylation sites (N-methyl/N-ethyl adjacent to an activating group) is 1. The average molecular weight is 654 g/mol. The van der Waals surface area contributed by atoms with Crippen LogP contribution in [0.15, 0.2) is 42.5 Å². The molecule has 0 unspecified atom stereocenters. The molecule has 1 aliphatic heterocycles. The molecule has 1 heterocycles. The number of ketones is 1. The molecule has 4 rings (SSSR count). The van der Waals surface area contributed by atoms with Crippen molar-refractivity contribution in [2.45, 2.75) is 70.3 Å². The first-order chi connectivity index (χ1) is 22.4. The maximum atomic E-state index is 15.4. The molecule has 12 heteroatoms. The summed E-state index contributed by atoms with van der Waals surface area (Å²) in [5.41, 5.74) is -0.397. The Labute approximate surface area is 273 Å². The van der Waals surface area contributed by atoms with Gasteiger partial charge in [-0.1, -0.05) is 44.4 Å². The Balaban J connectivity index is 1.50. The van der Waals surface area contributed by atoms with Crippen molar-refractivity contribution >= 4 is 29.2 Å². The summed E-state index contributed by atoms with van der Waals surface area (Å²) in [6, 6.07) is 9.60. The molecule has 2 N–H and O–H groups in total. The lowest BCUT2D eigenvalue weighted by Crippen LogP contribution is -2.54. The number of Topliss-reactive ketones (excluding diaryl/α,β-unsaturated/α-hetero) is 1. The van der Waals surface area contributed by atoms with Crippen LogP contribution in [0.5, 0.6) is 0 Å². The van der Waals surface area contributed by atoms with Crippen LogP contribution >= 0.6 is 0 Å².